The third kappa shape index (κ3) is 2.59. The van der Waals surface area contributed by atoms with E-state index in [1.807, 2.05) is 13.0 Å². The van der Waals surface area contributed by atoms with Crippen LogP contribution < -0.4 is 5.32 Å². The molecule has 1 aliphatic carbocycles. The van der Waals surface area contributed by atoms with Gasteiger partial charge in [-0.15, -0.1) is 0 Å². The Morgan fingerprint density at radius 2 is 2.11 bits per heavy atom. The second-order valence-electron chi connectivity index (χ2n) is 4.99. The van der Waals surface area contributed by atoms with Crippen LogP contribution in [0.4, 0.5) is 0 Å². The van der Waals surface area contributed by atoms with E-state index in [1.54, 1.807) is 18.2 Å². The van der Waals surface area contributed by atoms with Gasteiger partial charge in [0.25, 0.3) is 0 Å². The van der Waals surface area contributed by atoms with E-state index in [-0.39, 0.29) is 6.04 Å². The van der Waals surface area contributed by atoms with E-state index >= 15 is 0 Å². The minimum Gasteiger partial charge on any atom is -0.480 e. The zero-order chi connectivity index (χ0) is 14.0. The summed E-state index contributed by atoms with van der Waals surface area (Å²) < 4.78 is 0. The molecular formula is C14H16ClNO3. The third-order valence-electron chi connectivity index (χ3n) is 3.75. The highest BCUT2D eigenvalue weighted by Gasteiger charge is 2.51. The largest absolute Gasteiger partial charge is 0.480 e. The van der Waals surface area contributed by atoms with Gasteiger partial charge in [0.05, 0.1) is 6.04 Å². The predicted octanol–water partition coefficient (Wildman–Crippen LogP) is 2.77. The SMILES string of the molecule is CC(NC(=O)C1(C(=O)O)CCC1)c1cccc(Cl)c1. The molecule has 2 rings (SSSR count). The topological polar surface area (TPSA) is 66.4 Å². The molecule has 19 heavy (non-hydrogen) atoms. The second kappa shape index (κ2) is 5.21. The summed E-state index contributed by atoms with van der Waals surface area (Å²) in [6.07, 6.45) is 1.61. The summed E-state index contributed by atoms with van der Waals surface area (Å²) in [5.41, 5.74) is -0.368. The Morgan fingerprint density at radius 1 is 1.42 bits per heavy atom. The summed E-state index contributed by atoms with van der Waals surface area (Å²) in [6, 6.07) is 6.91. The van der Waals surface area contributed by atoms with E-state index in [1.165, 1.54) is 0 Å². The van der Waals surface area contributed by atoms with Crippen molar-refractivity contribution in [2.75, 3.05) is 0 Å². The maximum Gasteiger partial charge on any atom is 0.319 e. The third-order valence-corrected chi connectivity index (χ3v) is 3.98. The fraction of sp³-hybridized carbons (Fsp3) is 0.429. The van der Waals surface area contributed by atoms with Crippen LogP contribution in [-0.4, -0.2) is 17.0 Å². The number of rotatable bonds is 4. The molecule has 1 fully saturated rings. The number of carbonyl (C=O) groups excluding carboxylic acids is 1. The van der Waals surface area contributed by atoms with Crippen LogP contribution in [0.15, 0.2) is 24.3 Å². The average Bonchev–Trinajstić information content (AvgIpc) is 2.26. The number of carboxylic acid groups (broad SMARTS) is 1. The smallest absolute Gasteiger partial charge is 0.319 e. The summed E-state index contributed by atoms with van der Waals surface area (Å²) in [4.78, 5) is 23.4. The molecule has 1 aromatic carbocycles. The van der Waals surface area contributed by atoms with Crippen molar-refractivity contribution in [1.29, 1.82) is 0 Å². The molecule has 1 atom stereocenters. The zero-order valence-corrected chi connectivity index (χ0v) is 11.4. The lowest BCUT2D eigenvalue weighted by atomic mass is 9.68. The second-order valence-corrected chi connectivity index (χ2v) is 5.43. The van der Waals surface area contributed by atoms with E-state index in [0.29, 0.717) is 17.9 Å². The first-order valence-electron chi connectivity index (χ1n) is 6.25. The van der Waals surface area contributed by atoms with Gasteiger partial charge in [0.15, 0.2) is 0 Å². The number of benzene rings is 1. The van der Waals surface area contributed by atoms with Crippen molar-refractivity contribution >= 4 is 23.5 Å². The number of hydrogen-bond acceptors (Lipinski definition) is 2. The molecule has 2 N–H and O–H groups in total. The van der Waals surface area contributed by atoms with Crippen LogP contribution in [0, 0.1) is 5.41 Å². The van der Waals surface area contributed by atoms with Gasteiger partial charge in [0.2, 0.25) is 5.91 Å². The van der Waals surface area contributed by atoms with Gasteiger partial charge in [-0.2, -0.15) is 0 Å². The highest BCUT2D eigenvalue weighted by atomic mass is 35.5. The summed E-state index contributed by atoms with van der Waals surface area (Å²) in [7, 11) is 0. The molecule has 0 saturated heterocycles. The van der Waals surface area contributed by atoms with E-state index in [9.17, 15) is 14.7 Å². The first-order valence-corrected chi connectivity index (χ1v) is 6.63. The molecule has 102 valence electrons. The van der Waals surface area contributed by atoms with Crippen LogP contribution in [-0.2, 0) is 9.59 Å². The molecule has 1 aliphatic rings. The Hall–Kier alpha value is -1.55. The molecule has 0 heterocycles. The van der Waals surface area contributed by atoms with Crippen LogP contribution >= 0.6 is 11.6 Å². The van der Waals surface area contributed by atoms with Gasteiger partial charge in [-0.05, 0) is 37.5 Å². The fourth-order valence-corrected chi connectivity index (χ4v) is 2.46. The monoisotopic (exact) mass is 281 g/mol. The van der Waals surface area contributed by atoms with E-state index in [4.69, 9.17) is 11.6 Å². The predicted molar refractivity (Wildman–Crippen MR) is 71.9 cm³/mol. The van der Waals surface area contributed by atoms with Gasteiger partial charge >= 0.3 is 5.97 Å². The summed E-state index contributed by atoms with van der Waals surface area (Å²) >= 11 is 5.90. The fourth-order valence-electron chi connectivity index (χ4n) is 2.26. The van der Waals surface area contributed by atoms with Crippen molar-refractivity contribution in [3.63, 3.8) is 0 Å². The lowest BCUT2D eigenvalue weighted by Crippen LogP contribution is -2.51. The zero-order valence-electron chi connectivity index (χ0n) is 10.6. The van der Waals surface area contributed by atoms with Gasteiger partial charge in [0.1, 0.15) is 5.41 Å². The molecule has 0 aliphatic heterocycles. The Bertz CT molecular complexity index is 511. The Labute approximate surface area is 116 Å². The van der Waals surface area contributed by atoms with Gasteiger partial charge in [-0.25, -0.2) is 0 Å². The maximum atomic E-state index is 12.1. The lowest BCUT2D eigenvalue weighted by Gasteiger charge is -2.36. The highest BCUT2D eigenvalue weighted by molar-refractivity contribution is 6.30. The first kappa shape index (κ1) is 13.9. The van der Waals surface area contributed by atoms with Crippen molar-refractivity contribution in [2.24, 2.45) is 5.41 Å². The van der Waals surface area contributed by atoms with Crippen molar-refractivity contribution in [3.05, 3.63) is 34.9 Å². The van der Waals surface area contributed by atoms with Crippen LogP contribution in [0.2, 0.25) is 5.02 Å². The van der Waals surface area contributed by atoms with Crippen molar-refractivity contribution in [2.45, 2.75) is 32.2 Å². The molecule has 1 amide bonds. The van der Waals surface area contributed by atoms with E-state index in [2.05, 4.69) is 5.32 Å². The van der Waals surface area contributed by atoms with Gasteiger partial charge in [-0.1, -0.05) is 30.2 Å². The number of aliphatic carboxylic acids is 1. The molecule has 0 aromatic heterocycles. The standard InChI is InChI=1S/C14H16ClNO3/c1-9(10-4-2-5-11(15)8-10)16-12(17)14(13(18)19)6-3-7-14/h2,4-5,8-9H,3,6-7H2,1H3,(H,16,17)(H,18,19). The Morgan fingerprint density at radius 3 is 2.58 bits per heavy atom. The summed E-state index contributed by atoms with van der Waals surface area (Å²) in [5, 5.41) is 12.6. The highest BCUT2D eigenvalue weighted by Crippen LogP contribution is 2.41. The van der Waals surface area contributed by atoms with Gasteiger partial charge in [-0.3, -0.25) is 9.59 Å². The van der Waals surface area contributed by atoms with Crippen LogP contribution in [0.5, 0.6) is 0 Å². The van der Waals surface area contributed by atoms with Crippen molar-refractivity contribution < 1.29 is 14.7 Å². The number of carbonyl (C=O) groups is 2. The van der Waals surface area contributed by atoms with Crippen LogP contribution in [0.1, 0.15) is 37.8 Å². The number of nitrogens with one attached hydrogen (secondary N) is 1. The van der Waals surface area contributed by atoms with Crippen molar-refractivity contribution in [3.8, 4) is 0 Å². The minimum absolute atomic E-state index is 0.261. The van der Waals surface area contributed by atoms with Gasteiger partial charge < -0.3 is 10.4 Å². The molecule has 4 nitrogen and oxygen atoms in total. The average molecular weight is 282 g/mol. The summed E-state index contributed by atoms with van der Waals surface area (Å²) in [6.45, 7) is 1.82. The molecule has 0 radical (unpaired) electrons. The Balaban J connectivity index is 2.09. The quantitative estimate of drug-likeness (QED) is 0.834. The normalized spacial score (nSPS) is 18.2. The molecule has 0 spiro atoms. The van der Waals surface area contributed by atoms with Crippen molar-refractivity contribution in [1.82, 2.24) is 5.32 Å². The summed E-state index contributed by atoms with van der Waals surface area (Å²) in [5.74, 6) is -1.44. The molecule has 5 heteroatoms. The number of amides is 1. The molecule has 1 unspecified atom stereocenters. The number of halogens is 1. The molecule has 0 bridgehead atoms. The van der Waals surface area contributed by atoms with Crippen LogP contribution in [0.25, 0.3) is 0 Å². The van der Waals surface area contributed by atoms with E-state index in [0.717, 1.165) is 12.0 Å². The lowest BCUT2D eigenvalue weighted by molar-refractivity contribution is -0.162. The minimum atomic E-state index is -1.23. The van der Waals surface area contributed by atoms with Crippen LogP contribution in [0.3, 0.4) is 0 Å². The molecular weight excluding hydrogens is 266 g/mol. The van der Waals surface area contributed by atoms with E-state index < -0.39 is 17.3 Å². The van der Waals surface area contributed by atoms with Gasteiger partial charge in [0, 0.05) is 5.02 Å². The maximum absolute atomic E-state index is 12.1. The number of hydrogen-bond donors (Lipinski definition) is 2. The first-order chi connectivity index (χ1) is 8.95. The molecule has 1 aromatic rings. The molecule has 1 saturated carbocycles. The number of carboxylic acids is 1. The Kier molecular flexibility index (Phi) is 3.80.